The molecule has 1 atom stereocenters. The molecule has 0 aliphatic carbocycles. The number of amides is 1. The number of carbonyl (C=O) groups is 1. The van der Waals surface area contributed by atoms with E-state index >= 15 is 0 Å². The molecule has 1 aromatic carbocycles. The van der Waals surface area contributed by atoms with Crippen LogP contribution in [0.3, 0.4) is 0 Å². The normalized spacial score (nSPS) is 22.4. The molecule has 2 aliphatic rings. The number of piperidine rings is 1. The van der Waals surface area contributed by atoms with Gasteiger partial charge in [0.15, 0.2) is 11.6 Å². The third-order valence-corrected chi connectivity index (χ3v) is 5.65. The van der Waals surface area contributed by atoms with E-state index in [0.717, 1.165) is 38.4 Å². The second-order valence-corrected chi connectivity index (χ2v) is 7.51. The summed E-state index contributed by atoms with van der Waals surface area (Å²) in [5.74, 6) is -1.94. The predicted molar refractivity (Wildman–Crippen MR) is 89.7 cm³/mol. The van der Waals surface area contributed by atoms with Gasteiger partial charge in [-0.15, -0.1) is 0 Å². The van der Waals surface area contributed by atoms with E-state index in [9.17, 15) is 26.7 Å². The minimum atomic E-state index is -4.47. The number of likely N-dealkylation sites (tertiary alicyclic amines) is 2. The van der Waals surface area contributed by atoms with Gasteiger partial charge in [0.05, 0.1) is 0 Å². The van der Waals surface area contributed by atoms with Crippen LogP contribution in [0.15, 0.2) is 18.2 Å². The van der Waals surface area contributed by atoms with E-state index in [1.807, 2.05) is 0 Å². The average molecular weight is 390 g/mol. The van der Waals surface area contributed by atoms with Crippen LogP contribution < -0.4 is 0 Å². The zero-order valence-electron chi connectivity index (χ0n) is 14.9. The molecule has 27 heavy (non-hydrogen) atoms. The maximum Gasteiger partial charge on any atom is 0.397 e. The molecular formula is C19H23F5N2O. The van der Waals surface area contributed by atoms with Gasteiger partial charge in [0.25, 0.3) is 0 Å². The fraction of sp³-hybridized carbons (Fsp3) is 0.632. The van der Waals surface area contributed by atoms with Crippen LogP contribution in [0.1, 0.15) is 31.2 Å². The molecule has 2 saturated heterocycles. The zero-order valence-corrected chi connectivity index (χ0v) is 14.9. The number of benzene rings is 1. The number of hydrogen-bond acceptors (Lipinski definition) is 2. The Bertz CT molecular complexity index is 671. The lowest BCUT2D eigenvalue weighted by molar-refractivity contribution is -0.160. The average Bonchev–Trinajstić information content (AvgIpc) is 3.08. The largest absolute Gasteiger partial charge is 0.397 e. The molecular weight excluding hydrogens is 367 g/mol. The zero-order chi connectivity index (χ0) is 19.6. The molecule has 0 aromatic heterocycles. The first-order valence-electron chi connectivity index (χ1n) is 9.22. The van der Waals surface area contributed by atoms with Crippen molar-refractivity contribution in [2.75, 3.05) is 26.2 Å². The summed E-state index contributed by atoms with van der Waals surface area (Å²) in [6.45, 7) is 2.57. The highest BCUT2D eigenvalue weighted by molar-refractivity contribution is 5.77. The summed E-state index contributed by atoms with van der Waals surface area (Å²) in [7, 11) is 0. The third-order valence-electron chi connectivity index (χ3n) is 5.65. The molecule has 0 unspecified atom stereocenters. The third kappa shape index (κ3) is 5.18. The lowest BCUT2D eigenvalue weighted by Crippen LogP contribution is -2.37. The highest BCUT2D eigenvalue weighted by atomic mass is 19.4. The van der Waals surface area contributed by atoms with Crippen molar-refractivity contribution in [3.05, 3.63) is 35.4 Å². The Morgan fingerprint density at radius 1 is 1.04 bits per heavy atom. The maximum atomic E-state index is 13.8. The van der Waals surface area contributed by atoms with Gasteiger partial charge < -0.3 is 4.90 Å². The van der Waals surface area contributed by atoms with Crippen LogP contribution in [0, 0.1) is 23.5 Å². The SMILES string of the molecule is O=C(CC(F)(F)F)N1CC[C@@H](C2CCN(Cc3cccc(F)c3F)CC2)C1. The monoisotopic (exact) mass is 390 g/mol. The number of hydrogen-bond donors (Lipinski definition) is 0. The van der Waals surface area contributed by atoms with Crippen LogP contribution in [-0.4, -0.2) is 48.1 Å². The minimum Gasteiger partial charge on any atom is -0.342 e. The lowest BCUT2D eigenvalue weighted by atomic mass is 9.83. The van der Waals surface area contributed by atoms with Gasteiger partial charge in [-0.05, 0) is 50.3 Å². The Balaban J connectivity index is 1.47. The van der Waals surface area contributed by atoms with E-state index < -0.39 is 30.1 Å². The molecule has 3 rings (SSSR count). The van der Waals surface area contributed by atoms with E-state index in [4.69, 9.17) is 0 Å². The Labute approximate surface area is 155 Å². The van der Waals surface area contributed by atoms with Gasteiger partial charge in [0.2, 0.25) is 5.91 Å². The topological polar surface area (TPSA) is 23.6 Å². The van der Waals surface area contributed by atoms with E-state index in [-0.39, 0.29) is 5.92 Å². The van der Waals surface area contributed by atoms with Gasteiger partial charge >= 0.3 is 6.18 Å². The van der Waals surface area contributed by atoms with Crippen LogP contribution in [0.25, 0.3) is 0 Å². The Hall–Kier alpha value is -1.70. The van der Waals surface area contributed by atoms with Crippen LogP contribution in [0.4, 0.5) is 22.0 Å². The summed E-state index contributed by atoms with van der Waals surface area (Å²) in [6.07, 6.45) is -3.43. The Morgan fingerprint density at radius 3 is 2.37 bits per heavy atom. The summed E-state index contributed by atoms with van der Waals surface area (Å²) < 4.78 is 64.3. The molecule has 1 amide bonds. The van der Waals surface area contributed by atoms with Crippen molar-refractivity contribution in [1.29, 1.82) is 0 Å². The van der Waals surface area contributed by atoms with Crippen LogP contribution >= 0.6 is 0 Å². The number of carbonyl (C=O) groups excluding carboxylic acids is 1. The molecule has 2 aliphatic heterocycles. The number of halogens is 5. The van der Waals surface area contributed by atoms with Gasteiger partial charge in [-0.3, -0.25) is 9.69 Å². The molecule has 0 spiro atoms. The second kappa shape index (κ2) is 8.12. The lowest BCUT2D eigenvalue weighted by Gasteiger charge is -2.35. The standard InChI is InChI=1S/C19H23F5N2O/c20-16-3-1-2-15(18(16)21)11-25-7-4-13(5-8-25)14-6-9-26(12-14)17(27)10-19(22,23)24/h1-3,13-14H,4-12H2/t14-/m1/s1. The van der Waals surface area contributed by atoms with Crippen LogP contribution in [0.2, 0.25) is 0 Å². The van der Waals surface area contributed by atoms with E-state index in [0.29, 0.717) is 31.1 Å². The molecule has 0 N–H and O–H groups in total. The highest BCUT2D eigenvalue weighted by Gasteiger charge is 2.38. The summed E-state index contributed by atoms with van der Waals surface area (Å²) in [4.78, 5) is 15.1. The first kappa shape index (κ1) is 20.0. The summed E-state index contributed by atoms with van der Waals surface area (Å²) in [5, 5.41) is 0. The number of rotatable bonds is 4. The van der Waals surface area contributed by atoms with Crippen molar-refractivity contribution in [3.63, 3.8) is 0 Å². The van der Waals surface area contributed by atoms with Crippen molar-refractivity contribution < 1.29 is 26.7 Å². The van der Waals surface area contributed by atoms with Crippen molar-refractivity contribution in [2.45, 2.75) is 38.4 Å². The van der Waals surface area contributed by atoms with E-state index in [2.05, 4.69) is 4.90 Å². The van der Waals surface area contributed by atoms with E-state index in [1.165, 1.54) is 11.0 Å². The van der Waals surface area contributed by atoms with Crippen LogP contribution in [-0.2, 0) is 11.3 Å². The molecule has 150 valence electrons. The fourth-order valence-electron chi connectivity index (χ4n) is 4.18. The molecule has 0 radical (unpaired) electrons. The summed E-state index contributed by atoms with van der Waals surface area (Å²) in [6, 6.07) is 4.16. The quantitative estimate of drug-likeness (QED) is 0.727. The number of nitrogens with zero attached hydrogens (tertiary/aromatic N) is 2. The summed E-state index contributed by atoms with van der Waals surface area (Å²) >= 11 is 0. The minimum absolute atomic E-state index is 0.218. The number of alkyl halides is 3. The van der Waals surface area contributed by atoms with Gasteiger partial charge in [-0.2, -0.15) is 13.2 Å². The molecule has 2 fully saturated rings. The first-order chi connectivity index (χ1) is 12.7. The smallest absolute Gasteiger partial charge is 0.342 e. The van der Waals surface area contributed by atoms with Gasteiger partial charge in [0, 0.05) is 25.2 Å². The Morgan fingerprint density at radius 2 is 1.70 bits per heavy atom. The molecule has 3 nitrogen and oxygen atoms in total. The molecule has 1 aromatic rings. The summed E-state index contributed by atoms with van der Waals surface area (Å²) in [5.41, 5.74) is 0.332. The molecule has 0 bridgehead atoms. The molecule has 2 heterocycles. The fourth-order valence-corrected chi connectivity index (χ4v) is 4.18. The van der Waals surface area contributed by atoms with Gasteiger partial charge in [0.1, 0.15) is 6.42 Å². The first-order valence-corrected chi connectivity index (χ1v) is 9.22. The van der Waals surface area contributed by atoms with Crippen molar-refractivity contribution in [2.24, 2.45) is 11.8 Å². The van der Waals surface area contributed by atoms with Crippen LogP contribution in [0.5, 0.6) is 0 Å². The van der Waals surface area contributed by atoms with Crippen molar-refractivity contribution in [3.8, 4) is 0 Å². The Kier molecular flexibility index (Phi) is 6.03. The second-order valence-electron chi connectivity index (χ2n) is 7.51. The highest BCUT2D eigenvalue weighted by Crippen LogP contribution is 2.33. The van der Waals surface area contributed by atoms with Gasteiger partial charge in [-0.25, -0.2) is 8.78 Å². The van der Waals surface area contributed by atoms with Crippen molar-refractivity contribution in [1.82, 2.24) is 9.80 Å². The van der Waals surface area contributed by atoms with Gasteiger partial charge in [-0.1, -0.05) is 12.1 Å². The maximum absolute atomic E-state index is 13.8. The predicted octanol–water partition coefficient (Wildman–Crippen LogP) is 3.98. The molecule has 8 heteroatoms. The molecule has 0 saturated carbocycles. The van der Waals surface area contributed by atoms with E-state index in [1.54, 1.807) is 6.07 Å². The van der Waals surface area contributed by atoms with Crippen molar-refractivity contribution >= 4 is 5.91 Å².